The summed E-state index contributed by atoms with van der Waals surface area (Å²) < 4.78 is 41.2. The average Bonchev–Trinajstić information content (AvgIpc) is 3.30. The highest BCUT2D eigenvalue weighted by molar-refractivity contribution is 7.89. The number of carbonyl (C=O) groups excluding carboxylic acids is 1. The first-order chi connectivity index (χ1) is 16.7. The number of nitrogens with zero attached hydrogens (tertiary/aromatic N) is 5. The maximum Gasteiger partial charge on any atom is 0.246 e. The van der Waals surface area contributed by atoms with Crippen LogP contribution >= 0.6 is 0 Å². The van der Waals surface area contributed by atoms with Gasteiger partial charge in [-0.25, -0.2) is 13.1 Å². The van der Waals surface area contributed by atoms with Gasteiger partial charge in [-0.2, -0.15) is 4.31 Å². The second-order valence-electron chi connectivity index (χ2n) is 8.89. The van der Waals surface area contributed by atoms with E-state index in [0.29, 0.717) is 25.9 Å². The monoisotopic (exact) mass is 509 g/mol. The Balaban J connectivity index is 1.89. The number of aliphatic hydroxyl groups is 1. The molecule has 0 spiro atoms. The van der Waals surface area contributed by atoms with Crippen LogP contribution < -0.4 is 4.74 Å². The number of likely N-dealkylation sites (N-methyl/N-ethyl adjacent to an activating group) is 1. The summed E-state index contributed by atoms with van der Waals surface area (Å²) in [6.07, 6.45) is 1.96. The van der Waals surface area contributed by atoms with Crippen molar-refractivity contribution in [3.63, 3.8) is 0 Å². The van der Waals surface area contributed by atoms with E-state index in [-0.39, 0.29) is 48.3 Å². The third kappa shape index (κ3) is 6.37. The summed E-state index contributed by atoms with van der Waals surface area (Å²) in [4.78, 5) is 14.7. The van der Waals surface area contributed by atoms with E-state index >= 15 is 0 Å². The number of fused-ring (bicyclic) bond motifs is 1. The summed E-state index contributed by atoms with van der Waals surface area (Å²) in [5.74, 6) is -0.0445. The number of aliphatic hydroxyl groups excluding tert-OH is 1. The van der Waals surface area contributed by atoms with Crippen molar-refractivity contribution in [1.82, 2.24) is 24.2 Å². The number of carbonyl (C=O) groups is 1. The molecule has 194 valence electrons. The van der Waals surface area contributed by atoms with Crippen LogP contribution in [0.5, 0.6) is 5.75 Å². The van der Waals surface area contributed by atoms with Crippen LogP contribution in [0.2, 0.25) is 0 Å². The molecule has 3 rings (SSSR count). The number of methoxy groups -OCH3 is 1. The van der Waals surface area contributed by atoms with Crippen LogP contribution in [0.15, 0.2) is 35.4 Å². The Morgan fingerprint density at radius 3 is 2.80 bits per heavy atom. The summed E-state index contributed by atoms with van der Waals surface area (Å²) >= 11 is 0. The molecule has 0 radical (unpaired) electrons. The van der Waals surface area contributed by atoms with Gasteiger partial charge in [0.15, 0.2) is 0 Å². The van der Waals surface area contributed by atoms with Gasteiger partial charge in [-0.1, -0.05) is 24.3 Å². The number of ether oxygens (including phenoxy) is 2. The van der Waals surface area contributed by atoms with Crippen LogP contribution in [0.3, 0.4) is 0 Å². The maximum absolute atomic E-state index is 13.4. The summed E-state index contributed by atoms with van der Waals surface area (Å²) in [6, 6.07) is 6.09. The van der Waals surface area contributed by atoms with Gasteiger partial charge in [0.2, 0.25) is 15.9 Å². The minimum absolute atomic E-state index is 0.0542. The molecule has 35 heavy (non-hydrogen) atoms. The molecule has 0 aliphatic carbocycles. The van der Waals surface area contributed by atoms with E-state index in [1.807, 2.05) is 6.92 Å². The minimum Gasteiger partial charge on any atom is -0.495 e. The summed E-state index contributed by atoms with van der Waals surface area (Å²) in [5.41, 5.74) is 0.756. The van der Waals surface area contributed by atoms with Crippen molar-refractivity contribution in [2.45, 2.75) is 56.9 Å². The Morgan fingerprint density at radius 1 is 1.34 bits per heavy atom. The van der Waals surface area contributed by atoms with Crippen LogP contribution in [-0.2, 0) is 32.7 Å². The van der Waals surface area contributed by atoms with Crippen LogP contribution in [0.25, 0.3) is 0 Å². The number of benzene rings is 1. The van der Waals surface area contributed by atoms with Crippen molar-refractivity contribution in [1.29, 1.82) is 0 Å². The van der Waals surface area contributed by atoms with E-state index in [9.17, 15) is 18.3 Å². The quantitative estimate of drug-likeness (QED) is 0.589. The zero-order chi connectivity index (χ0) is 25.6. The van der Waals surface area contributed by atoms with Crippen molar-refractivity contribution >= 4 is 15.9 Å². The third-order valence-corrected chi connectivity index (χ3v) is 8.20. The van der Waals surface area contributed by atoms with E-state index in [0.717, 1.165) is 5.69 Å². The van der Waals surface area contributed by atoms with E-state index in [4.69, 9.17) is 9.47 Å². The smallest absolute Gasteiger partial charge is 0.246 e. The highest BCUT2D eigenvalue weighted by Gasteiger charge is 2.32. The predicted molar refractivity (Wildman–Crippen MR) is 128 cm³/mol. The SMILES string of the molecule is COc1ccccc1S(=O)(=O)N(C)C[C@@H]1OCc2cnnn2CCCC(=O)N([C@H](C)CO)C[C@@H]1C. The first kappa shape index (κ1) is 27.1. The molecule has 1 N–H and O–H groups in total. The second-order valence-corrected chi connectivity index (χ2v) is 10.9. The van der Waals surface area contributed by atoms with Crippen molar-refractivity contribution in [3.8, 4) is 5.75 Å². The van der Waals surface area contributed by atoms with Gasteiger partial charge in [0.25, 0.3) is 0 Å². The molecule has 1 aliphatic heterocycles. The lowest BCUT2D eigenvalue weighted by Gasteiger charge is -2.35. The Labute approximate surface area is 206 Å². The van der Waals surface area contributed by atoms with Crippen LogP contribution in [0.4, 0.5) is 0 Å². The number of hydrogen-bond donors (Lipinski definition) is 1. The van der Waals surface area contributed by atoms with Gasteiger partial charge >= 0.3 is 0 Å². The van der Waals surface area contributed by atoms with Gasteiger partial charge in [-0.05, 0) is 25.5 Å². The maximum atomic E-state index is 13.4. The van der Waals surface area contributed by atoms with Gasteiger partial charge in [-0.3, -0.25) is 4.79 Å². The molecular formula is C23H35N5O6S. The molecule has 2 aromatic rings. The fourth-order valence-electron chi connectivity index (χ4n) is 4.10. The van der Waals surface area contributed by atoms with Crippen molar-refractivity contribution in [3.05, 3.63) is 36.2 Å². The summed E-state index contributed by atoms with van der Waals surface area (Å²) in [7, 11) is -0.945. The zero-order valence-electron chi connectivity index (χ0n) is 20.7. The Hall–Kier alpha value is -2.54. The standard InChI is InChI=1S/C23H35N5O6S/c1-17-13-27(18(2)15-29)23(30)10-7-11-28-19(12-24-25-28)16-34-21(17)14-26(3)35(31,32)22-9-6-5-8-20(22)33-4/h5-6,8-9,12,17-18,21,29H,7,10-11,13-16H2,1-4H3/t17-,18+,21-/m0/s1. The number of aryl methyl sites for hydroxylation is 1. The topological polar surface area (TPSA) is 127 Å². The van der Waals surface area contributed by atoms with Crippen molar-refractivity contribution < 1.29 is 27.8 Å². The van der Waals surface area contributed by atoms with E-state index < -0.39 is 16.1 Å². The molecule has 1 aromatic heterocycles. The average molecular weight is 510 g/mol. The molecule has 0 fully saturated rings. The van der Waals surface area contributed by atoms with Crippen molar-refractivity contribution in [2.24, 2.45) is 5.92 Å². The number of para-hydroxylation sites is 1. The molecule has 0 saturated carbocycles. The molecule has 2 heterocycles. The normalized spacial score (nSPS) is 21.2. The lowest BCUT2D eigenvalue weighted by Crippen LogP contribution is -2.47. The molecule has 1 aromatic carbocycles. The number of rotatable bonds is 7. The zero-order valence-corrected chi connectivity index (χ0v) is 21.5. The Bertz CT molecular complexity index is 1090. The van der Waals surface area contributed by atoms with Gasteiger partial charge in [0, 0.05) is 39.0 Å². The molecule has 0 saturated heterocycles. The highest BCUT2D eigenvalue weighted by Crippen LogP contribution is 2.27. The van der Waals surface area contributed by atoms with Gasteiger partial charge in [-0.15, -0.1) is 5.10 Å². The molecule has 1 aliphatic rings. The van der Waals surface area contributed by atoms with E-state index in [1.54, 1.807) is 40.9 Å². The number of hydrogen-bond acceptors (Lipinski definition) is 8. The van der Waals surface area contributed by atoms with E-state index in [1.165, 1.54) is 24.5 Å². The van der Waals surface area contributed by atoms with Gasteiger partial charge in [0.05, 0.1) is 44.4 Å². The van der Waals surface area contributed by atoms with Crippen LogP contribution in [0.1, 0.15) is 32.4 Å². The largest absolute Gasteiger partial charge is 0.495 e. The molecule has 1 amide bonds. The van der Waals surface area contributed by atoms with Gasteiger partial charge < -0.3 is 19.5 Å². The van der Waals surface area contributed by atoms with Crippen LogP contribution in [0, 0.1) is 5.92 Å². The molecular weight excluding hydrogens is 474 g/mol. The third-order valence-electron chi connectivity index (χ3n) is 6.33. The summed E-state index contributed by atoms with van der Waals surface area (Å²) in [5, 5.41) is 17.8. The molecule has 12 heteroatoms. The number of aromatic nitrogens is 3. The molecule has 0 bridgehead atoms. The number of sulfonamides is 1. The first-order valence-corrected chi connectivity index (χ1v) is 13.1. The number of amides is 1. The predicted octanol–water partition coefficient (Wildman–Crippen LogP) is 1.13. The molecule has 11 nitrogen and oxygen atoms in total. The fraction of sp³-hybridized carbons (Fsp3) is 0.609. The van der Waals surface area contributed by atoms with E-state index in [2.05, 4.69) is 10.3 Å². The van der Waals surface area contributed by atoms with Crippen LogP contribution in [-0.4, -0.2) is 89.6 Å². The van der Waals surface area contributed by atoms with Gasteiger partial charge in [0.1, 0.15) is 10.6 Å². The lowest BCUT2D eigenvalue weighted by molar-refractivity contribution is -0.136. The molecule has 3 atom stereocenters. The first-order valence-electron chi connectivity index (χ1n) is 11.7. The highest BCUT2D eigenvalue weighted by atomic mass is 32.2. The lowest BCUT2D eigenvalue weighted by atomic mass is 10.0. The van der Waals surface area contributed by atoms with Crippen molar-refractivity contribution in [2.75, 3.05) is 33.9 Å². The molecule has 0 unspecified atom stereocenters. The Kier molecular flexibility index (Phi) is 9.22. The Morgan fingerprint density at radius 2 is 2.09 bits per heavy atom. The minimum atomic E-state index is -3.87. The fourth-order valence-corrected chi connectivity index (χ4v) is 5.43. The second kappa shape index (κ2) is 11.9. The summed E-state index contributed by atoms with van der Waals surface area (Å²) in [6.45, 7) is 4.63.